The van der Waals surface area contributed by atoms with E-state index in [0.29, 0.717) is 0 Å². The maximum absolute atomic E-state index is 6.34. The molecule has 0 amide bonds. The molecule has 0 saturated heterocycles. The highest BCUT2D eigenvalue weighted by molar-refractivity contribution is 14.1. The average molecular weight is 365 g/mol. The molecule has 2 heteroatoms. The molecule has 0 aromatic heterocycles. The second kappa shape index (κ2) is 5.63. The first-order valence-corrected chi connectivity index (χ1v) is 7.57. The first kappa shape index (κ1) is 14.5. The summed E-state index contributed by atoms with van der Waals surface area (Å²) in [6, 6.07) is 17.0. The number of halogens is 1. The van der Waals surface area contributed by atoms with Crippen LogP contribution in [0.1, 0.15) is 43.5 Å². The van der Waals surface area contributed by atoms with Crippen LogP contribution in [0.2, 0.25) is 0 Å². The molecular formula is C17H20IN. The van der Waals surface area contributed by atoms with Gasteiger partial charge in [-0.15, -0.1) is 0 Å². The number of hydrogen-bond donors (Lipinski definition) is 1. The quantitative estimate of drug-likeness (QED) is 0.772. The molecule has 2 N–H and O–H groups in total. The topological polar surface area (TPSA) is 26.0 Å². The molecular weight excluding hydrogens is 345 g/mol. The summed E-state index contributed by atoms with van der Waals surface area (Å²) < 4.78 is 1.22. The van der Waals surface area contributed by atoms with E-state index in [-0.39, 0.29) is 11.5 Å². The molecule has 1 atom stereocenters. The van der Waals surface area contributed by atoms with Gasteiger partial charge in [0, 0.05) is 3.57 Å². The molecule has 0 bridgehead atoms. The first-order valence-electron chi connectivity index (χ1n) is 6.49. The second-order valence-electron chi connectivity index (χ2n) is 5.90. The van der Waals surface area contributed by atoms with E-state index in [4.69, 9.17) is 5.73 Å². The third-order valence-corrected chi connectivity index (χ3v) is 4.01. The van der Waals surface area contributed by atoms with Gasteiger partial charge in [-0.25, -0.2) is 0 Å². The van der Waals surface area contributed by atoms with Crippen LogP contribution in [0.5, 0.6) is 0 Å². The summed E-state index contributed by atoms with van der Waals surface area (Å²) in [5.74, 6) is 0. The molecule has 1 unspecified atom stereocenters. The number of benzene rings is 2. The molecule has 2 rings (SSSR count). The molecule has 0 aliphatic rings. The van der Waals surface area contributed by atoms with Crippen molar-refractivity contribution in [3.63, 3.8) is 0 Å². The van der Waals surface area contributed by atoms with E-state index in [1.807, 2.05) is 0 Å². The van der Waals surface area contributed by atoms with E-state index >= 15 is 0 Å². The van der Waals surface area contributed by atoms with Gasteiger partial charge in [-0.05, 0) is 56.8 Å². The fourth-order valence-electron chi connectivity index (χ4n) is 2.08. The third kappa shape index (κ3) is 3.57. The summed E-state index contributed by atoms with van der Waals surface area (Å²) in [5.41, 5.74) is 10.2. The largest absolute Gasteiger partial charge is 0.320 e. The van der Waals surface area contributed by atoms with Crippen molar-refractivity contribution in [1.82, 2.24) is 0 Å². The number of hydrogen-bond acceptors (Lipinski definition) is 1. The van der Waals surface area contributed by atoms with Gasteiger partial charge in [-0.2, -0.15) is 0 Å². The fourth-order valence-corrected chi connectivity index (χ4v) is 2.65. The molecule has 0 aliphatic heterocycles. The number of nitrogens with two attached hydrogens (primary N) is 1. The predicted octanol–water partition coefficient (Wildman–Crippen LogP) is 4.64. The lowest BCUT2D eigenvalue weighted by Crippen LogP contribution is -2.14. The minimum Gasteiger partial charge on any atom is -0.320 e. The summed E-state index contributed by atoms with van der Waals surface area (Å²) in [5, 5.41) is 0. The van der Waals surface area contributed by atoms with Crippen molar-refractivity contribution in [3.05, 3.63) is 68.8 Å². The van der Waals surface area contributed by atoms with Gasteiger partial charge in [0.2, 0.25) is 0 Å². The molecule has 2 aromatic carbocycles. The van der Waals surface area contributed by atoms with E-state index in [2.05, 4.69) is 91.9 Å². The van der Waals surface area contributed by atoms with Crippen LogP contribution >= 0.6 is 22.6 Å². The van der Waals surface area contributed by atoms with Crippen molar-refractivity contribution in [2.45, 2.75) is 32.2 Å². The Kier molecular flexibility index (Phi) is 4.31. The summed E-state index contributed by atoms with van der Waals surface area (Å²) in [4.78, 5) is 0. The number of rotatable bonds is 2. The van der Waals surface area contributed by atoms with E-state index < -0.39 is 0 Å². The van der Waals surface area contributed by atoms with Gasteiger partial charge >= 0.3 is 0 Å². The zero-order valence-electron chi connectivity index (χ0n) is 11.7. The average Bonchev–Trinajstić information content (AvgIpc) is 2.37. The van der Waals surface area contributed by atoms with Crippen LogP contribution < -0.4 is 5.73 Å². The Balaban J connectivity index is 2.27. The zero-order valence-corrected chi connectivity index (χ0v) is 13.8. The van der Waals surface area contributed by atoms with Crippen molar-refractivity contribution < 1.29 is 0 Å². The van der Waals surface area contributed by atoms with Crippen LogP contribution in [0.25, 0.3) is 0 Å². The lowest BCUT2D eigenvalue weighted by molar-refractivity contribution is 0.589. The molecule has 0 spiro atoms. The molecule has 1 nitrogen and oxygen atoms in total. The minimum atomic E-state index is -0.0521. The molecule has 0 saturated carbocycles. The van der Waals surface area contributed by atoms with Gasteiger partial charge in [-0.1, -0.05) is 57.2 Å². The molecule has 0 radical (unpaired) electrons. The van der Waals surface area contributed by atoms with Gasteiger partial charge < -0.3 is 5.73 Å². The van der Waals surface area contributed by atoms with Gasteiger partial charge in [0.15, 0.2) is 0 Å². The van der Waals surface area contributed by atoms with E-state index in [9.17, 15) is 0 Å². The van der Waals surface area contributed by atoms with Gasteiger partial charge in [0.1, 0.15) is 0 Å². The van der Waals surface area contributed by atoms with Gasteiger partial charge in [0.25, 0.3) is 0 Å². The Labute approximate surface area is 129 Å². The van der Waals surface area contributed by atoms with Crippen molar-refractivity contribution in [2.24, 2.45) is 5.73 Å². The second-order valence-corrected chi connectivity index (χ2v) is 7.15. The van der Waals surface area contributed by atoms with E-state index in [1.54, 1.807) is 0 Å². The summed E-state index contributed by atoms with van der Waals surface area (Å²) in [6.45, 7) is 6.67. The van der Waals surface area contributed by atoms with Crippen LogP contribution in [0, 0.1) is 3.57 Å². The lowest BCUT2D eigenvalue weighted by atomic mass is 9.86. The zero-order chi connectivity index (χ0) is 14.0. The molecule has 100 valence electrons. The highest BCUT2D eigenvalue weighted by Crippen LogP contribution is 2.26. The van der Waals surface area contributed by atoms with Crippen molar-refractivity contribution in [2.75, 3.05) is 0 Å². The third-order valence-electron chi connectivity index (χ3n) is 3.34. The smallest absolute Gasteiger partial charge is 0.0552 e. The van der Waals surface area contributed by atoms with Crippen molar-refractivity contribution >= 4 is 22.6 Å². The first-order chi connectivity index (χ1) is 8.88. The highest BCUT2D eigenvalue weighted by Gasteiger charge is 2.14. The molecule has 19 heavy (non-hydrogen) atoms. The summed E-state index contributed by atoms with van der Waals surface area (Å²) in [7, 11) is 0. The van der Waals surface area contributed by atoms with Crippen LogP contribution in [0.4, 0.5) is 0 Å². The molecule has 0 fully saturated rings. The maximum Gasteiger partial charge on any atom is 0.0552 e. The monoisotopic (exact) mass is 365 g/mol. The van der Waals surface area contributed by atoms with Crippen LogP contribution in [0.15, 0.2) is 48.5 Å². The van der Waals surface area contributed by atoms with Gasteiger partial charge in [0.05, 0.1) is 6.04 Å². The normalized spacial score (nSPS) is 13.3. The Hall–Kier alpha value is -0.870. The van der Waals surface area contributed by atoms with Gasteiger partial charge in [-0.3, -0.25) is 0 Å². The highest BCUT2D eigenvalue weighted by atomic mass is 127. The van der Waals surface area contributed by atoms with E-state index in [0.717, 1.165) is 11.1 Å². The Morgan fingerprint density at radius 2 is 1.58 bits per heavy atom. The SMILES string of the molecule is CC(C)(C)c1ccc(C(N)c2cccc(I)c2)cc1. The standard InChI is InChI=1S/C17H20IN/c1-17(2,3)14-9-7-12(8-10-14)16(19)13-5-4-6-15(18)11-13/h4-11,16H,19H2,1-3H3. The molecule has 0 aliphatic carbocycles. The fraction of sp³-hybridized carbons (Fsp3) is 0.294. The minimum absolute atomic E-state index is 0.0521. The van der Waals surface area contributed by atoms with Crippen LogP contribution in [-0.2, 0) is 5.41 Å². The maximum atomic E-state index is 6.34. The molecule has 2 aromatic rings. The lowest BCUT2D eigenvalue weighted by Gasteiger charge is -2.20. The molecule has 0 heterocycles. The summed E-state index contributed by atoms with van der Waals surface area (Å²) in [6.07, 6.45) is 0. The Bertz CT molecular complexity index is 552. The van der Waals surface area contributed by atoms with Crippen molar-refractivity contribution in [3.8, 4) is 0 Å². The Morgan fingerprint density at radius 3 is 2.11 bits per heavy atom. The van der Waals surface area contributed by atoms with Crippen LogP contribution in [-0.4, -0.2) is 0 Å². The van der Waals surface area contributed by atoms with Crippen molar-refractivity contribution in [1.29, 1.82) is 0 Å². The van der Waals surface area contributed by atoms with Crippen LogP contribution in [0.3, 0.4) is 0 Å². The predicted molar refractivity (Wildman–Crippen MR) is 90.3 cm³/mol. The van der Waals surface area contributed by atoms with E-state index in [1.165, 1.54) is 9.13 Å². The Morgan fingerprint density at radius 1 is 0.947 bits per heavy atom. The summed E-state index contributed by atoms with van der Waals surface area (Å²) >= 11 is 2.32.